The van der Waals surface area contributed by atoms with Crippen molar-refractivity contribution in [3.63, 3.8) is 0 Å². The summed E-state index contributed by atoms with van der Waals surface area (Å²) in [5.41, 5.74) is 3.52. The number of benzene rings is 2. The Kier molecular flexibility index (Phi) is 6.19. The van der Waals surface area contributed by atoms with E-state index in [2.05, 4.69) is 0 Å². The number of cyclic esters (lactones) is 1. The first-order chi connectivity index (χ1) is 18.4. The van der Waals surface area contributed by atoms with Crippen molar-refractivity contribution >= 4 is 35.2 Å². The summed E-state index contributed by atoms with van der Waals surface area (Å²) in [6, 6.07) is 13.6. The van der Waals surface area contributed by atoms with Crippen molar-refractivity contribution in [2.24, 2.45) is 11.8 Å². The van der Waals surface area contributed by atoms with E-state index in [0.717, 1.165) is 22.4 Å². The number of hydrogen-bond acceptors (Lipinski definition) is 6. The molecule has 4 aliphatic heterocycles. The van der Waals surface area contributed by atoms with Crippen LogP contribution in [-0.2, 0) is 19.1 Å². The summed E-state index contributed by atoms with van der Waals surface area (Å²) in [5.74, 6) is -2.42. The Morgan fingerprint density at radius 1 is 1.08 bits per heavy atom. The van der Waals surface area contributed by atoms with Gasteiger partial charge in [0.15, 0.2) is 0 Å². The van der Waals surface area contributed by atoms with Gasteiger partial charge in [-0.25, -0.2) is 0 Å². The van der Waals surface area contributed by atoms with Gasteiger partial charge in [-0.05, 0) is 36.6 Å². The molecule has 0 aromatic heterocycles. The number of anilines is 1. The lowest BCUT2D eigenvalue weighted by Gasteiger charge is -2.39. The van der Waals surface area contributed by atoms with E-state index < -0.39 is 34.6 Å². The van der Waals surface area contributed by atoms with E-state index in [4.69, 9.17) is 4.74 Å². The summed E-state index contributed by atoms with van der Waals surface area (Å²) in [4.78, 5) is 45.6. The molecule has 2 aromatic rings. The minimum atomic E-state index is -0.973. The molecule has 0 bridgehead atoms. The Labute approximate surface area is 226 Å². The summed E-state index contributed by atoms with van der Waals surface area (Å²) in [6.07, 6.45) is 7.68. The van der Waals surface area contributed by atoms with Crippen molar-refractivity contribution in [3.05, 3.63) is 89.5 Å². The van der Waals surface area contributed by atoms with E-state index in [-0.39, 0.29) is 30.3 Å². The highest BCUT2D eigenvalue weighted by molar-refractivity contribution is 8.02. The number of amides is 2. The molecule has 1 spiro atoms. The number of aliphatic hydroxyl groups is 1. The summed E-state index contributed by atoms with van der Waals surface area (Å²) < 4.78 is 4.48. The maximum Gasteiger partial charge on any atom is 0.311 e. The van der Waals surface area contributed by atoms with Crippen LogP contribution >= 0.6 is 11.8 Å². The molecule has 2 saturated heterocycles. The van der Waals surface area contributed by atoms with E-state index in [1.807, 2.05) is 86.7 Å². The van der Waals surface area contributed by atoms with E-state index >= 15 is 0 Å². The van der Waals surface area contributed by atoms with Crippen LogP contribution in [0.1, 0.15) is 22.7 Å². The maximum atomic E-state index is 14.7. The third kappa shape index (κ3) is 3.65. The first-order valence-corrected chi connectivity index (χ1v) is 13.8. The smallest absolute Gasteiger partial charge is 0.311 e. The van der Waals surface area contributed by atoms with Gasteiger partial charge in [0, 0.05) is 17.5 Å². The molecule has 2 fully saturated rings. The monoisotopic (exact) mass is 530 g/mol. The standard InChI is InChI=1S/C30H30N2O5S/c1-18-11-12-19(2)21(16-18)31-14-7-13-30-25(24-23(38-30)10-6-15-37-29(24)36)27(34)32(26(30)28(31)35)22(17-33)20-8-4-3-5-9-20/h3-13,16,22-26,33H,14-15,17H2,1-2H3/t22-,23+,24-,25+,26?,30+/m1/s1. The van der Waals surface area contributed by atoms with Crippen LogP contribution in [0.3, 0.4) is 0 Å². The molecule has 6 atom stereocenters. The lowest BCUT2D eigenvalue weighted by molar-refractivity contribution is -0.152. The van der Waals surface area contributed by atoms with E-state index in [9.17, 15) is 19.5 Å². The number of carbonyl (C=O) groups excluding carboxylic acids is 3. The molecular formula is C30H30N2O5S. The predicted molar refractivity (Wildman–Crippen MR) is 146 cm³/mol. The molecule has 0 radical (unpaired) electrons. The minimum Gasteiger partial charge on any atom is -0.461 e. The number of fused-ring (bicyclic) bond motifs is 2. The molecule has 1 unspecified atom stereocenters. The van der Waals surface area contributed by atoms with Gasteiger partial charge in [0.25, 0.3) is 5.91 Å². The van der Waals surface area contributed by atoms with Crippen molar-refractivity contribution < 1.29 is 24.2 Å². The first kappa shape index (κ1) is 24.9. The fourth-order valence-electron chi connectivity index (χ4n) is 6.50. The Morgan fingerprint density at radius 2 is 1.87 bits per heavy atom. The Bertz CT molecular complexity index is 1360. The molecule has 4 heterocycles. The normalized spacial score (nSPS) is 30.9. The van der Waals surface area contributed by atoms with Crippen LogP contribution in [0.15, 0.2) is 72.8 Å². The van der Waals surface area contributed by atoms with Crippen LogP contribution < -0.4 is 4.90 Å². The van der Waals surface area contributed by atoms with Gasteiger partial charge in [-0.2, -0.15) is 0 Å². The number of thioether (sulfide) groups is 1. The summed E-state index contributed by atoms with van der Waals surface area (Å²) >= 11 is 1.50. The van der Waals surface area contributed by atoms with Crippen LogP contribution in [-0.4, -0.2) is 63.6 Å². The topological polar surface area (TPSA) is 87.2 Å². The molecule has 8 heteroatoms. The van der Waals surface area contributed by atoms with E-state index in [1.54, 1.807) is 9.80 Å². The zero-order chi connectivity index (χ0) is 26.6. The SMILES string of the molecule is Cc1ccc(C)c(N2CC=C[C@]34S[C@H]5C=CCOC(=O)[C@H]5[C@H]3C(=O)N([C@H](CO)c3ccccc3)C4C2=O)c1. The number of likely N-dealkylation sites (tertiary alicyclic amines) is 1. The van der Waals surface area contributed by atoms with Crippen LogP contribution in [0, 0.1) is 25.7 Å². The zero-order valence-electron chi connectivity index (χ0n) is 21.3. The molecule has 1 N–H and O–H groups in total. The van der Waals surface area contributed by atoms with Gasteiger partial charge < -0.3 is 19.6 Å². The van der Waals surface area contributed by atoms with Crippen molar-refractivity contribution in [3.8, 4) is 0 Å². The van der Waals surface area contributed by atoms with Gasteiger partial charge in [-0.1, -0.05) is 66.8 Å². The fourth-order valence-corrected chi connectivity index (χ4v) is 8.49. The van der Waals surface area contributed by atoms with E-state index in [0.29, 0.717) is 6.54 Å². The van der Waals surface area contributed by atoms with Gasteiger partial charge in [-0.3, -0.25) is 14.4 Å². The molecule has 6 rings (SSSR count). The number of esters is 1. The molecule has 2 amide bonds. The number of ether oxygens (including phenoxy) is 1. The third-order valence-electron chi connectivity index (χ3n) is 8.20. The largest absolute Gasteiger partial charge is 0.461 e. The minimum absolute atomic E-state index is 0.173. The van der Waals surface area contributed by atoms with Gasteiger partial charge in [0.2, 0.25) is 5.91 Å². The molecule has 0 saturated carbocycles. The average Bonchev–Trinajstić information content (AvgIpc) is 3.21. The van der Waals surface area contributed by atoms with Crippen LogP contribution in [0.2, 0.25) is 0 Å². The van der Waals surface area contributed by atoms with Gasteiger partial charge in [0.05, 0.1) is 29.2 Å². The van der Waals surface area contributed by atoms with E-state index in [1.165, 1.54) is 11.8 Å². The molecule has 0 aliphatic carbocycles. The lowest BCUT2D eigenvalue weighted by atomic mass is 9.78. The lowest BCUT2D eigenvalue weighted by Crippen LogP contribution is -2.54. The molecule has 7 nitrogen and oxygen atoms in total. The Morgan fingerprint density at radius 3 is 2.63 bits per heavy atom. The second-order valence-corrected chi connectivity index (χ2v) is 11.9. The summed E-state index contributed by atoms with van der Waals surface area (Å²) in [7, 11) is 0. The van der Waals surface area contributed by atoms with Crippen LogP contribution in [0.4, 0.5) is 5.69 Å². The summed E-state index contributed by atoms with van der Waals surface area (Å²) in [6.45, 7) is 4.13. The van der Waals surface area contributed by atoms with Crippen LogP contribution in [0.25, 0.3) is 0 Å². The molecule has 196 valence electrons. The van der Waals surface area contributed by atoms with Crippen molar-refractivity contribution in [1.29, 1.82) is 0 Å². The highest BCUT2D eigenvalue weighted by atomic mass is 32.2. The van der Waals surface area contributed by atoms with Crippen molar-refractivity contribution in [2.75, 3.05) is 24.7 Å². The average molecular weight is 531 g/mol. The molecule has 38 heavy (non-hydrogen) atoms. The highest BCUT2D eigenvalue weighted by Crippen LogP contribution is 2.62. The number of aliphatic hydroxyl groups excluding tert-OH is 1. The number of aryl methyl sites for hydroxylation is 2. The molecule has 4 aliphatic rings. The second-order valence-electron chi connectivity index (χ2n) is 10.4. The van der Waals surface area contributed by atoms with Crippen molar-refractivity contribution in [1.82, 2.24) is 4.90 Å². The maximum absolute atomic E-state index is 14.7. The first-order valence-electron chi connectivity index (χ1n) is 12.9. The number of hydrogen-bond donors (Lipinski definition) is 1. The van der Waals surface area contributed by atoms with Gasteiger partial charge in [-0.15, -0.1) is 11.8 Å². The quantitative estimate of drug-likeness (QED) is 0.482. The van der Waals surface area contributed by atoms with Gasteiger partial charge in [0.1, 0.15) is 12.6 Å². The number of nitrogens with zero attached hydrogens (tertiary/aromatic N) is 2. The van der Waals surface area contributed by atoms with Gasteiger partial charge >= 0.3 is 5.97 Å². The third-order valence-corrected chi connectivity index (χ3v) is 9.94. The predicted octanol–water partition coefficient (Wildman–Crippen LogP) is 3.35. The number of rotatable bonds is 4. The molecular weight excluding hydrogens is 500 g/mol. The van der Waals surface area contributed by atoms with Crippen LogP contribution in [0.5, 0.6) is 0 Å². The fraction of sp³-hybridized carbons (Fsp3) is 0.367. The number of carbonyl (C=O) groups is 3. The Hall–Kier alpha value is -3.36. The highest BCUT2D eigenvalue weighted by Gasteiger charge is 2.72. The summed E-state index contributed by atoms with van der Waals surface area (Å²) in [5, 5.41) is 10.3. The Balaban J connectivity index is 1.53. The van der Waals surface area contributed by atoms with Crippen molar-refractivity contribution in [2.45, 2.75) is 35.9 Å². The zero-order valence-corrected chi connectivity index (χ0v) is 22.1. The molecule has 2 aromatic carbocycles. The second kappa shape index (κ2) is 9.43.